The fourth-order valence-corrected chi connectivity index (χ4v) is 2.53. The number of hydrogen-bond acceptors (Lipinski definition) is 4. The van der Waals surface area contributed by atoms with Gasteiger partial charge in [0.25, 0.3) is 11.8 Å². The summed E-state index contributed by atoms with van der Waals surface area (Å²) in [5.74, 6) is 0.133. The summed E-state index contributed by atoms with van der Waals surface area (Å²) in [6.45, 7) is 6.22. The van der Waals surface area contributed by atoms with Crippen LogP contribution in [0.1, 0.15) is 41.5 Å². The van der Waals surface area contributed by atoms with Crippen molar-refractivity contribution in [2.45, 2.75) is 26.8 Å². The number of carbonyl (C=O) groups excluding carboxylic acids is 2. The molecule has 0 saturated carbocycles. The number of rotatable bonds is 6. The second kappa shape index (κ2) is 9.68. The summed E-state index contributed by atoms with van der Waals surface area (Å²) in [4.78, 5) is 24.6. The number of anilines is 1. The number of benzene rings is 2. The summed E-state index contributed by atoms with van der Waals surface area (Å²) in [7, 11) is 0. The van der Waals surface area contributed by atoms with Gasteiger partial charge in [-0.15, -0.1) is 0 Å². The third kappa shape index (κ3) is 6.07. The minimum Gasteiger partial charge on any atom is -0.494 e. The Hall–Kier alpha value is -2.93. The van der Waals surface area contributed by atoms with Gasteiger partial charge in [-0.1, -0.05) is 12.1 Å². The van der Waals surface area contributed by atoms with Crippen molar-refractivity contribution in [2.75, 3.05) is 11.9 Å². The van der Waals surface area contributed by atoms with Crippen LogP contribution < -0.4 is 20.7 Å². The van der Waals surface area contributed by atoms with Crippen molar-refractivity contribution in [2.24, 2.45) is 0 Å². The van der Waals surface area contributed by atoms with E-state index in [1.807, 2.05) is 20.8 Å². The molecular formula is C20H23N3O3S. The molecule has 2 amide bonds. The van der Waals surface area contributed by atoms with Crippen LogP contribution in [0.15, 0.2) is 48.5 Å². The Morgan fingerprint density at radius 3 is 2.33 bits per heavy atom. The third-order valence-corrected chi connectivity index (χ3v) is 3.70. The van der Waals surface area contributed by atoms with Crippen molar-refractivity contribution < 1.29 is 14.3 Å². The first-order valence-electron chi connectivity index (χ1n) is 8.65. The lowest BCUT2D eigenvalue weighted by Crippen LogP contribution is -2.35. The number of amides is 2. The molecule has 0 fully saturated rings. The number of carbonyl (C=O) groups is 2. The van der Waals surface area contributed by atoms with Crippen molar-refractivity contribution in [3.05, 3.63) is 59.7 Å². The largest absolute Gasteiger partial charge is 0.494 e. The Morgan fingerprint density at radius 1 is 1.04 bits per heavy atom. The van der Waals surface area contributed by atoms with E-state index in [0.29, 0.717) is 29.2 Å². The maximum Gasteiger partial charge on any atom is 0.257 e. The van der Waals surface area contributed by atoms with Crippen LogP contribution in [0, 0.1) is 0 Å². The molecule has 0 aromatic heterocycles. The molecule has 0 aliphatic rings. The van der Waals surface area contributed by atoms with Crippen LogP contribution in [0.3, 0.4) is 0 Å². The first kappa shape index (κ1) is 20.4. The smallest absolute Gasteiger partial charge is 0.257 e. The van der Waals surface area contributed by atoms with E-state index < -0.39 is 0 Å². The van der Waals surface area contributed by atoms with Crippen LogP contribution in [-0.2, 0) is 0 Å². The van der Waals surface area contributed by atoms with Crippen molar-refractivity contribution in [1.29, 1.82) is 0 Å². The van der Waals surface area contributed by atoms with Gasteiger partial charge in [-0.25, -0.2) is 0 Å². The maximum atomic E-state index is 12.3. The lowest BCUT2D eigenvalue weighted by atomic mass is 10.1. The highest BCUT2D eigenvalue weighted by molar-refractivity contribution is 7.80. The first-order chi connectivity index (χ1) is 12.9. The van der Waals surface area contributed by atoms with Gasteiger partial charge in [-0.3, -0.25) is 14.9 Å². The molecule has 0 aliphatic heterocycles. The normalized spacial score (nSPS) is 10.2. The van der Waals surface area contributed by atoms with E-state index in [4.69, 9.17) is 17.0 Å². The molecule has 6 nitrogen and oxygen atoms in total. The lowest BCUT2D eigenvalue weighted by molar-refractivity contribution is 0.0942. The molecular weight excluding hydrogens is 362 g/mol. The number of para-hydroxylation sites is 1. The van der Waals surface area contributed by atoms with E-state index in [1.165, 1.54) is 0 Å². The third-order valence-electron chi connectivity index (χ3n) is 3.49. The van der Waals surface area contributed by atoms with Gasteiger partial charge >= 0.3 is 0 Å². The van der Waals surface area contributed by atoms with Crippen LogP contribution in [0.5, 0.6) is 5.75 Å². The Kier molecular flexibility index (Phi) is 7.31. The van der Waals surface area contributed by atoms with Gasteiger partial charge in [0, 0.05) is 11.6 Å². The number of thiocarbonyl (C=S) groups is 1. The maximum absolute atomic E-state index is 12.3. The molecule has 7 heteroatoms. The quantitative estimate of drug-likeness (QED) is 0.665. The molecule has 142 valence electrons. The van der Waals surface area contributed by atoms with Crippen LogP contribution in [-0.4, -0.2) is 29.6 Å². The van der Waals surface area contributed by atoms with Crippen LogP contribution >= 0.6 is 12.2 Å². The fraction of sp³-hybridized carbons (Fsp3) is 0.250. The summed E-state index contributed by atoms with van der Waals surface area (Å²) in [5.41, 5.74) is 1.42. The number of nitrogens with one attached hydrogen (secondary N) is 3. The highest BCUT2D eigenvalue weighted by atomic mass is 32.1. The SMILES string of the molecule is CCOc1ccc(C(=O)NC(=S)Nc2ccccc2C(=O)NC(C)C)cc1. The summed E-state index contributed by atoms with van der Waals surface area (Å²) >= 11 is 5.21. The molecule has 0 bridgehead atoms. The first-order valence-corrected chi connectivity index (χ1v) is 9.06. The van der Waals surface area contributed by atoms with Gasteiger partial charge in [-0.05, 0) is 69.4 Å². The van der Waals surface area contributed by atoms with Gasteiger partial charge in [0.05, 0.1) is 17.9 Å². The Morgan fingerprint density at radius 2 is 1.70 bits per heavy atom. The molecule has 0 spiro atoms. The molecule has 0 atom stereocenters. The zero-order valence-electron chi connectivity index (χ0n) is 15.5. The van der Waals surface area contributed by atoms with E-state index in [-0.39, 0.29) is 23.0 Å². The molecule has 0 heterocycles. The van der Waals surface area contributed by atoms with Gasteiger partial charge < -0.3 is 15.4 Å². The van der Waals surface area contributed by atoms with Crippen molar-refractivity contribution >= 4 is 34.8 Å². The van der Waals surface area contributed by atoms with E-state index in [1.54, 1.807) is 48.5 Å². The zero-order chi connectivity index (χ0) is 19.8. The van der Waals surface area contributed by atoms with Gasteiger partial charge in [0.15, 0.2) is 5.11 Å². The monoisotopic (exact) mass is 385 g/mol. The molecule has 3 N–H and O–H groups in total. The zero-order valence-corrected chi connectivity index (χ0v) is 16.4. The standard InChI is InChI=1S/C20H23N3O3S/c1-4-26-15-11-9-14(10-12-15)18(24)23-20(27)22-17-8-6-5-7-16(17)19(25)21-13(2)3/h5-13H,4H2,1-3H3,(H,21,25)(H2,22,23,24,27). The topological polar surface area (TPSA) is 79.5 Å². The van der Waals surface area contributed by atoms with Crippen LogP contribution in [0.4, 0.5) is 5.69 Å². The highest BCUT2D eigenvalue weighted by Gasteiger charge is 2.14. The Balaban J connectivity index is 2.03. The average Bonchev–Trinajstić information content (AvgIpc) is 2.62. The van der Waals surface area contributed by atoms with E-state index in [0.717, 1.165) is 0 Å². The summed E-state index contributed by atoms with van der Waals surface area (Å²) < 4.78 is 5.36. The minimum absolute atomic E-state index is 0.0110. The summed E-state index contributed by atoms with van der Waals surface area (Å²) in [6, 6.07) is 13.7. The van der Waals surface area contributed by atoms with E-state index >= 15 is 0 Å². The van der Waals surface area contributed by atoms with Crippen molar-refractivity contribution in [1.82, 2.24) is 10.6 Å². The lowest BCUT2D eigenvalue weighted by Gasteiger charge is -2.15. The molecule has 2 rings (SSSR count). The predicted molar refractivity (Wildman–Crippen MR) is 110 cm³/mol. The predicted octanol–water partition coefficient (Wildman–Crippen LogP) is 3.35. The van der Waals surface area contributed by atoms with E-state index in [2.05, 4.69) is 16.0 Å². The second-order valence-corrected chi connectivity index (χ2v) is 6.45. The van der Waals surface area contributed by atoms with Gasteiger partial charge in [0.2, 0.25) is 0 Å². The molecule has 0 unspecified atom stereocenters. The van der Waals surface area contributed by atoms with Gasteiger partial charge in [0.1, 0.15) is 5.75 Å². The summed E-state index contributed by atoms with van der Waals surface area (Å²) in [5, 5.41) is 8.47. The second-order valence-electron chi connectivity index (χ2n) is 6.04. The van der Waals surface area contributed by atoms with Crippen molar-refractivity contribution in [3.8, 4) is 5.75 Å². The average molecular weight is 385 g/mol. The van der Waals surface area contributed by atoms with Crippen molar-refractivity contribution in [3.63, 3.8) is 0 Å². The van der Waals surface area contributed by atoms with Crippen LogP contribution in [0.25, 0.3) is 0 Å². The Bertz CT molecular complexity index is 819. The minimum atomic E-state index is -0.348. The van der Waals surface area contributed by atoms with E-state index in [9.17, 15) is 9.59 Å². The highest BCUT2D eigenvalue weighted by Crippen LogP contribution is 2.16. The summed E-state index contributed by atoms with van der Waals surface area (Å²) in [6.07, 6.45) is 0. The number of hydrogen-bond donors (Lipinski definition) is 3. The molecule has 2 aromatic carbocycles. The molecule has 0 saturated heterocycles. The molecule has 0 radical (unpaired) electrons. The molecule has 27 heavy (non-hydrogen) atoms. The van der Waals surface area contributed by atoms with Gasteiger partial charge in [-0.2, -0.15) is 0 Å². The fourth-order valence-electron chi connectivity index (χ4n) is 2.33. The molecule has 0 aliphatic carbocycles. The van der Waals surface area contributed by atoms with Crippen LogP contribution in [0.2, 0.25) is 0 Å². The molecule has 2 aromatic rings. The number of ether oxygens (including phenoxy) is 1. The Labute approximate surface area is 164 Å².